The van der Waals surface area contributed by atoms with Gasteiger partial charge in [0.2, 0.25) is 0 Å². The molecular formula is C41H64O4. The van der Waals surface area contributed by atoms with Crippen LogP contribution in [0.3, 0.4) is 0 Å². The van der Waals surface area contributed by atoms with E-state index in [1.807, 2.05) is 0 Å². The molecule has 252 valence electrons. The highest BCUT2D eigenvalue weighted by Gasteiger charge is 2.12. The third kappa shape index (κ3) is 35.2. The Morgan fingerprint density at radius 2 is 0.889 bits per heavy atom. The van der Waals surface area contributed by atoms with E-state index in [0.717, 1.165) is 77.0 Å². The normalized spacial score (nSPS) is 13.4. The predicted octanol–water partition coefficient (Wildman–Crippen LogP) is 12.0. The molecule has 4 heteroatoms. The fourth-order valence-corrected chi connectivity index (χ4v) is 4.15. The average molecular weight is 621 g/mol. The van der Waals surface area contributed by atoms with E-state index >= 15 is 0 Å². The maximum Gasteiger partial charge on any atom is 0.306 e. The minimum Gasteiger partial charge on any atom is -0.462 e. The molecule has 0 saturated heterocycles. The van der Waals surface area contributed by atoms with Gasteiger partial charge in [-0.05, 0) is 96.8 Å². The molecule has 0 saturated carbocycles. The Morgan fingerprint density at radius 1 is 0.489 bits per heavy atom. The fourth-order valence-electron chi connectivity index (χ4n) is 4.15. The van der Waals surface area contributed by atoms with Crippen LogP contribution in [-0.2, 0) is 19.1 Å². The van der Waals surface area contributed by atoms with Gasteiger partial charge in [-0.2, -0.15) is 0 Å². The van der Waals surface area contributed by atoms with Gasteiger partial charge in [0.15, 0.2) is 0 Å². The van der Waals surface area contributed by atoms with Gasteiger partial charge < -0.3 is 9.47 Å². The molecule has 0 N–H and O–H groups in total. The summed E-state index contributed by atoms with van der Waals surface area (Å²) in [6.07, 6.45) is 51.7. The minimum atomic E-state index is -0.426. The molecule has 0 aromatic heterocycles. The second-order valence-electron chi connectivity index (χ2n) is 11.2. The maximum absolute atomic E-state index is 12.1. The molecular weight excluding hydrogens is 556 g/mol. The molecule has 0 aliphatic carbocycles. The highest BCUT2D eigenvalue weighted by Crippen LogP contribution is 2.07. The molecule has 0 rings (SSSR count). The third-order valence-electron chi connectivity index (χ3n) is 6.74. The summed E-state index contributed by atoms with van der Waals surface area (Å²) in [4.78, 5) is 24.1. The zero-order valence-electron chi connectivity index (χ0n) is 28.9. The van der Waals surface area contributed by atoms with Crippen LogP contribution in [0.5, 0.6) is 0 Å². The van der Waals surface area contributed by atoms with Crippen LogP contribution in [0.2, 0.25) is 0 Å². The predicted molar refractivity (Wildman–Crippen MR) is 194 cm³/mol. The first-order valence-corrected chi connectivity index (χ1v) is 17.6. The van der Waals surface area contributed by atoms with Crippen molar-refractivity contribution in [2.24, 2.45) is 0 Å². The Bertz CT molecular complexity index is 929. The number of hydrogen-bond acceptors (Lipinski definition) is 4. The van der Waals surface area contributed by atoms with Gasteiger partial charge in [-0.25, -0.2) is 0 Å². The Hall–Kier alpha value is -3.14. The quantitative estimate of drug-likeness (QED) is 0.0474. The lowest BCUT2D eigenvalue weighted by Crippen LogP contribution is -2.22. The van der Waals surface area contributed by atoms with E-state index in [2.05, 4.69) is 111 Å². The summed E-state index contributed by atoms with van der Waals surface area (Å²) >= 11 is 0. The molecule has 1 unspecified atom stereocenters. The molecule has 0 bridgehead atoms. The number of esters is 2. The van der Waals surface area contributed by atoms with Gasteiger partial charge in [-0.1, -0.05) is 124 Å². The van der Waals surface area contributed by atoms with Crippen molar-refractivity contribution < 1.29 is 19.1 Å². The molecule has 0 aliphatic heterocycles. The van der Waals surface area contributed by atoms with E-state index < -0.39 is 6.10 Å². The molecule has 0 aromatic rings. The van der Waals surface area contributed by atoms with Crippen LogP contribution in [0.15, 0.2) is 97.2 Å². The van der Waals surface area contributed by atoms with Crippen LogP contribution in [-0.4, -0.2) is 24.6 Å². The van der Waals surface area contributed by atoms with Crippen molar-refractivity contribution in [2.75, 3.05) is 6.61 Å². The van der Waals surface area contributed by atoms with Crippen LogP contribution in [0.1, 0.15) is 136 Å². The monoisotopic (exact) mass is 620 g/mol. The number of ether oxygens (including phenoxy) is 2. The lowest BCUT2D eigenvalue weighted by Gasteiger charge is -2.13. The van der Waals surface area contributed by atoms with E-state index in [4.69, 9.17) is 9.47 Å². The first-order chi connectivity index (χ1) is 22.1. The van der Waals surface area contributed by atoms with Gasteiger partial charge in [0.05, 0.1) is 0 Å². The maximum atomic E-state index is 12.1. The lowest BCUT2D eigenvalue weighted by molar-refractivity contribution is -0.158. The third-order valence-corrected chi connectivity index (χ3v) is 6.74. The van der Waals surface area contributed by atoms with Crippen LogP contribution >= 0.6 is 0 Å². The first-order valence-electron chi connectivity index (χ1n) is 17.6. The summed E-state index contributed by atoms with van der Waals surface area (Å²) in [6, 6.07) is 0. The molecule has 0 aromatic carbocycles. The van der Waals surface area contributed by atoms with E-state index in [1.165, 1.54) is 25.7 Å². The van der Waals surface area contributed by atoms with Crippen molar-refractivity contribution in [1.82, 2.24) is 0 Å². The summed E-state index contributed by atoms with van der Waals surface area (Å²) in [5.41, 5.74) is 0. The van der Waals surface area contributed by atoms with Gasteiger partial charge >= 0.3 is 11.9 Å². The minimum absolute atomic E-state index is 0.108. The Labute approximate surface area is 276 Å². The molecule has 0 aliphatic rings. The smallest absolute Gasteiger partial charge is 0.306 e. The molecule has 0 radical (unpaired) electrons. The van der Waals surface area contributed by atoms with E-state index in [0.29, 0.717) is 12.8 Å². The number of hydrogen-bond donors (Lipinski definition) is 0. The van der Waals surface area contributed by atoms with Crippen molar-refractivity contribution in [3.05, 3.63) is 97.2 Å². The summed E-state index contributed by atoms with van der Waals surface area (Å²) in [5, 5.41) is 0. The van der Waals surface area contributed by atoms with Crippen molar-refractivity contribution in [2.45, 2.75) is 142 Å². The van der Waals surface area contributed by atoms with Crippen LogP contribution in [0.4, 0.5) is 0 Å². The number of allylic oxidation sites excluding steroid dienone is 16. The summed E-state index contributed by atoms with van der Waals surface area (Å²) in [6.45, 7) is 6.25. The largest absolute Gasteiger partial charge is 0.462 e. The number of carbonyl (C=O) groups is 2. The zero-order valence-corrected chi connectivity index (χ0v) is 28.9. The number of unbranched alkanes of at least 4 members (excludes halogenated alkanes) is 6. The van der Waals surface area contributed by atoms with Crippen LogP contribution in [0, 0.1) is 0 Å². The lowest BCUT2D eigenvalue weighted by atomic mass is 10.1. The topological polar surface area (TPSA) is 52.6 Å². The molecule has 0 fully saturated rings. The highest BCUT2D eigenvalue weighted by atomic mass is 16.6. The van der Waals surface area contributed by atoms with Crippen molar-refractivity contribution >= 4 is 11.9 Å². The summed E-state index contributed by atoms with van der Waals surface area (Å²) < 4.78 is 10.7. The van der Waals surface area contributed by atoms with E-state index in [-0.39, 0.29) is 18.5 Å². The average Bonchev–Trinajstić information content (AvgIpc) is 3.03. The van der Waals surface area contributed by atoms with Crippen LogP contribution < -0.4 is 0 Å². The van der Waals surface area contributed by atoms with Gasteiger partial charge in [-0.3, -0.25) is 9.59 Å². The van der Waals surface area contributed by atoms with E-state index in [1.54, 1.807) is 6.92 Å². The van der Waals surface area contributed by atoms with Crippen LogP contribution in [0.25, 0.3) is 0 Å². The second-order valence-corrected chi connectivity index (χ2v) is 11.2. The SMILES string of the molecule is CCC=CCC=CCC=CCC=CCC=CCCCC(=O)OCC(C)OC(=O)CCCCC=CCC=CCC=CCCCCC. The Kier molecular flexibility index (Phi) is 32.9. The fraction of sp³-hybridized carbons (Fsp3) is 0.561. The van der Waals surface area contributed by atoms with Gasteiger partial charge in [0.25, 0.3) is 0 Å². The van der Waals surface area contributed by atoms with Gasteiger partial charge in [-0.15, -0.1) is 0 Å². The Morgan fingerprint density at radius 3 is 1.36 bits per heavy atom. The molecule has 45 heavy (non-hydrogen) atoms. The van der Waals surface area contributed by atoms with E-state index in [9.17, 15) is 9.59 Å². The number of carbonyl (C=O) groups excluding carboxylic acids is 2. The Balaban J connectivity index is 3.68. The van der Waals surface area contributed by atoms with Crippen molar-refractivity contribution in [3.63, 3.8) is 0 Å². The first kappa shape index (κ1) is 41.9. The summed E-state index contributed by atoms with van der Waals surface area (Å²) in [7, 11) is 0. The second kappa shape index (κ2) is 35.3. The molecule has 0 spiro atoms. The summed E-state index contributed by atoms with van der Waals surface area (Å²) in [5.74, 6) is -0.475. The standard InChI is InChI=1S/C41H64O4/c1-4-6-8-10-12-14-16-18-20-21-23-24-26-28-30-32-34-36-40(42)44-38-39(3)45-41(43)37-35-33-31-29-27-25-22-19-17-15-13-11-9-7-5-2/h6,8,12-15,18-20,22-24,27-30,39H,4-5,7,9-11,16-17,21,25-26,31-38H2,1-3H3. The van der Waals surface area contributed by atoms with Crippen molar-refractivity contribution in [1.29, 1.82) is 0 Å². The zero-order chi connectivity index (χ0) is 32.9. The molecule has 0 amide bonds. The van der Waals surface area contributed by atoms with Crippen molar-refractivity contribution in [3.8, 4) is 0 Å². The molecule has 0 heterocycles. The highest BCUT2D eigenvalue weighted by molar-refractivity contribution is 5.70. The molecule has 1 atom stereocenters. The molecule has 4 nitrogen and oxygen atoms in total. The van der Waals surface area contributed by atoms with Gasteiger partial charge in [0, 0.05) is 12.8 Å². The number of rotatable bonds is 29. The van der Waals surface area contributed by atoms with Gasteiger partial charge in [0.1, 0.15) is 12.7 Å².